The fourth-order valence-corrected chi connectivity index (χ4v) is 2.81. The average molecular weight is 409 g/mol. The molecule has 7 heteroatoms. The van der Waals surface area contributed by atoms with E-state index in [2.05, 4.69) is 21.2 Å². The average Bonchev–Trinajstić information content (AvgIpc) is 2.94. The van der Waals surface area contributed by atoms with Crippen LogP contribution in [0.3, 0.4) is 0 Å². The molecule has 1 aromatic carbocycles. The summed E-state index contributed by atoms with van der Waals surface area (Å²) in [4.78, 5) is 25.5. The third-order valence-electron chi connectivity index (χ3n) is 3.80. The number of urea groups is 1. The molecule has 0 fully saturated rings. The van der Waals surface area contributed by atoms with Gasteiger partial charge in [0.15, 0.2) is 0 Å². The van der Waals surface area contributed by atoms with Crippen LogP contribution in [0.1, 0.15) is 40.4 Å². The number of carbonyl (C=O) groups excluding carboxylic acids is 2. The summed E-state index contributed by atoms with van der Waals surface area (Å²) in [6, 6.07) is 8.99. The van der Waals surface area contributed by atoms with Gasteiger partial charge < -0.3 is 19.4 Å². The largest absolute Gasteiger partial charge is 0.465 e. The number of aryl methyl sites for hydroxylation is 1. The van der Waals surface area contributed by atoms with Crippen LogP contribution >= 0.6 is 15.9 Å². The zero-order chi connectivity index (χ0) is 18.6. The van der Waals surface area contributed by atoms with Gasteiger partial charge in [0.1, 0.15) is 17.1 Å². The van der Waals surface area contributed by atoms with Gasteiger partial charge in [0, 0.05) is 11.5 Å². The molecule has 0 aliphatic rings. The highest BCUT2D eigenvalue weighted by Gasteiger charge is 2.19. The molecule has 6 nitrogen and oxygen atoms in total. The lowest BCUT2D eigenvalue weighted by Crippen LogP contribution is -2.38. The van der Waals surface area contributed by atoms with Crippen molar-refractivity contribution < 1.29 is 18.7 Å². The topological polar surface area (TPSA) is 71.8 Å². The van der Waals surface area contributed by atoms with Gasteiger partial charge in [-0.2, -0.15) is 0 Å². The highest BCUT2D eigenvalue weighted by Crippen LogP contribution is 2.19. The van der Waals surface area contributed by atoms with Gasteiger partial charge in [0.05, 0.1) is 19.7 Å². The monoisotopic (exact) mass is 408 g/mol. The summed E-state index contributed by atoms with van der Waals surface area (Å²) in [6.07, 6.45) is 0. The molecule has 2 aromatic rings. The minimum atomic E-state index is -0.456. The predicted octanol–water partition coefficient (Wildman–Crippen LogP) is 4.04. The van der Waals surface area contributed by atoms with Crippen molar-refractivity contribution in [2.45, 2.75) is 26.4 Å². The van der Waals surface area contributed by atoms with Gasteiger partial charge in [-0.1, -0.05) is 28.1 Å². The smallest absolute Gasteiger partial charge is 0.341 e. The number of hydrogen-bond donors (Lipinski definition) is 1. The molecule has 0 bridgehead atoms. The van der Waals surface area contributed by atoms with Crippen molar-refractivity contribution in [3.8, 4) is 0 Å². The van der Waals surface area contributed by atoms with Crippen molar-refractivity contribution in [2.24, 2.45) is 0 Å². The number of methoxy groups -OCH3 is 1. The van der Waals surface area contributed by atoms with Crippen molar-refractivity contribution in [2.75, 3.05) is 14.2 Å². The molecule has 0 saturated carbocycles. The minimum absolute atomic E-state index is 0.142. The highest BCUT2D eigenvalue weighted by atomic mass is 79.9. The second-order valence-corrected chi connectivity index (χ2v) is 6.67. The Balaban J connectivity index is 1.99. The second-order valence-electron chi connectivity index (χ2n) is 5.76. The van der Waals surface area contributed by atoms with E-state index in [1.165, 1.54) is 12.0 Å². The quantitative estimate of drug-likeness (QED) is 0.757. The molecule has 1 N–H and O–H groups in total. The zero-order valence-corrected chi connectivity index (χ0v) is 16.2. The third-order valence-corrected chi connectivity index (χ3v) is 4.30. The molecule has 1 heterocycles. The van der Waals surface area contributed by atoms with Crippen LogP contribution in [0.5, 0.6) is 0 Å². The first-order valence-electron chi connectivity index (χ1n) is 7.76. The van der Waals surface area contributed by atoms with Gasteiger partial charge in [0.25, 0.3) is 0 Å². The summed E-state index contributed by atoms with van der Waals surface area (Å²) >= 11 is 3.42. The molecular formula is C18H21BrN2O4. The Kier molecular flexibility index (Phi) is 6.25. The molecule has 1 aromatic heterocycles. The number of esters is 1. The van der Waals surface area contributed by atoms with Gasteiger partial charge in [-0.3, -0.25) is 0 Å². The Morgan fingerprint density at radius 1 is 1.36 bits per heavy atom. The summed E-state index contributed by atoms with van der Waals surface area (Å²) in [5.41, 5.74) is 1.37. The zero-order valence-electron chi connectivity index (χ0n) is 14.6. The number of nitrogens with zero attached hydrogens (tertiary/aromatic N) is 1. The summed E-state index contributed by atoms with van der Waals surface area (Å²) in [5.74, 6) is 0.534. The lowest BCUT2D eigenvalue weighted by molar-refractivity contribution is 0.0598. The number of benzene rings is 1. The Labute approximate surface area is 155 Å². The normalized spacial score (nSPS) is 11.7. The lowest BCUT2D eigenvalue weighted by Gasteiger charge is -2.21. The molecule has 0 radical (unpaired) electrons. The van der Waals surface area contributed by atoms with E-state index in [4.69, 9.17) is 9.15 Å². The number of carbonyl (C=O) groups is 2. The van der Waals surface area contributed by atoms with Crippen LogP contribution in [0, 0.1) is 6.92 Å². The first kappa shape index (κ1) is 19.1. The maximum absolute atomic E-state index is 12.4. The standard InChI is InChI=1S/C18H21BrN2O4/c1-11(13-6-5-7-14(19)8-13)20-18(23)21(3)10-15-9-16(12(2)25-15)17(22)24-4/h5-9,11H,10H2,1-4H3,(H,20,23). The number of furan rings is 1. The van der Waals surface area contributed by atoms with Crippen molar-refractivity contribution in [3.63, 3.8) is 0 Å². The molecule has 0 saturated heterocycles. The second kappa shape index (κ2) is 8.20. The fourth-order valence-electron chi connectivity index (χ4n) is 2.39. The van der Waals surface area contributed by atoms with Crippen LogP contribution in [-0.2, 0) is 11.3 Å². The van der Waals surface area contributed by atoms with Crippen molar-refractivity contribution in [3.05, 3.63) is 57.5 Å². The molecule has 0 aliphatic heterocycles. The first-order valence-corrected chi connectivity index (χ1v) is 8.55. The van der Waals surface area contributed by atoms with Crippen LogP contribution in [0.4, 0.5) is 4.79 Å². The molecule has 2 amide bonds. The van der Waals surface area contributed by atoms with E-state index in [0.29, 0.717) is 17.1 Å². The van der Waals surface area contributed by atoms with Gasteiger partial charge in [-0.15, -0.1) is 0 Å². The number of nitrogens with one attached hydrogen (secondary N) is 1. The van der Waals surface area contributed by atoms with E-state index >= 15 is 0 Å². The predicted molar refractivity (Wildman–Crippen MR) is 97.3 cm³/mol. The van der Waals surface area contributed by atoms with Gasteiger partial charge >= 0.3 is 12.0 Å². The molecular weight excluding hydrogens is 388 g/mol. The van der Waals surface area contributed by atoms with Crippen LogP contribution in [0.15, 0.2) is 39.2 Å². The van der Waals surface area contributed by atoms with Gasteiger partial charge in [0.2, 0.25) is 0 Å². The Morgan fingerprint density at radius 2 is 2.08 bits per heavy atom. The molecule has 134 valence electrons. The number of hydrogen-bond acceptors (Lipinski definition) is 4. The molecule has 1 atom stereocenters. The van der Waals surface area contributed by atoms with Gasteiger partial charge in [-0.05, 0) is 37.6 Å². The van der Waals surface area contributed by atoms with Crippen LogP contribution in [-0.4, -0.2) is 31.1 Å². The van der Waals surface area contributed by atoms with Crippen molar-refractivity contribution in [1.82, 2.24) is 10.2 Å². The van der Waals surface area contributed by atoms with Crippen LogP contribution < -0.4 is 5.32 Å². The van der Waals surface area contributed by atoms with E-state index in [0.717, 1.165) is 10.0 Å². The summed E-state index contributed by atoms with van der Waals surface area (Å²) in [7, 11) is 2.98. The van der Waals surface area contributed by atoms with E-state index < -0.39 is 5.97 Å². The molecule has 0 aliphatic carbocycles. The van der Waals surface area contributed by atoms with Crippen molar-refractivity contribution in [1.29, 1.82) is 0 Å². The Bertz CT molecular complexity index is 772. The highest BCUT2D eigenvalue weighted by molar-refractivity contribution is 9.10. The Hall–Kier alpha value is -2.28. The fraction of sp³-hybridized carbons (Fsp3) is 0.333. The van der Waals surface area contributed by atoms with Crippen molar-refractivity contribution >= 4 is 27.9 Å². The minimum Gasteiger partial charge on any atom is -0.465 e. The van der Waals surface area contributed by atoms with Crippen LogP contribution in [0.25, 0.3) is 0 Å². The van der Waals surface area contributed by atoms with Crippen LogP contribution in [0.2, 0.25) is 0 Å². The maximum Gasteiger partial charge on any atom is 0.341 e. The Morgan fingerprint density at radius 3 is 2.72 bits per heavy atom. The summed E-state index contributed by atoms with van der Waals surface area (Å²) in [6.45, 7) is 3.85. The van der Waals surface area contributed by atoms with E-state index in [-0.39, 0.29) is 18.6 Å². The maximum atomic E-state index is 12.4. The number of amides is 2. The molecule has 25 heavy (non-hydrogen) atoms. The number of halogens is 1. The lowest BCUT2D eigenvalue weighted by atomic mass is 10.1. The van der Waals surface area contributed by atoms with E-state index in [1.807, 2.05) is 31.2 Å². The third kappa shape index (κ3) is 4.85. The van der Waals surface area contributed by atoms with E-state index in [1.54, 1.807) is 20.0 Å². The molecule has 2 rings (SSSR count). The van der Waals surface area contributed by atoms with Gasteiger partial charge in [-0.25, -0.2) is 9.59 Å². The summed E-state index contributed by atoms with van der Waals surface area (Å²) in [5, 5.41) is 2.93. The van der Waals surface area contributed by atoms with E-state index in [9.17, 15) is 9.59 Å². The SMILES string of the molecule is COC(=O)c1cc(CN(C)C(=O)NC(C)c2cccc(Br)c2)oc1C. The molecule has 0 spiro atoms. The number of ether oxygens (including phenoxy) is 1. The number of rotatable bonds is 5. The molecule has 1 unspecified atom stereocenters. The first-order chi connectivity index (χ1) is 11.8. The summed E-state index contributed by atoms with van der Waals surface area (Å²) < 4.78 is 11.2.